The number of halogens is 3. The molecular weight excluding hydrogens is 379 g/mol. The molecule has 2 amide bonds. The number of aliphatic hydroxyl groups is 1. The average Bonchev–Trinajstić information content (AvgIpc) is 2.91. The van der Waals surface area contributed by atoms with Crippen LogP contribution in [0.25, 0.3) is 0 Å². The number of alkyl halides is 3. The van der Waals surface area contributed by atoms with Crippen molar-refractivity contribution in [1.29, 1.82) is 0 Å². The molecule has 0 aromatic heterocycles. The summed E-state index contributed by atoms with van der Waals surface area (Å²) in [4.78, 5) is 37.7. The number of rotatable bonds is 4. The predicted molar refractivity (Wildman–Crippen MR) is 90.8 cm³/mol. The molecule has 1 saturated heterocycles. The Morgan fingerprint density at radius 2 is 1.57 bits per heavy atom. The summed E-state index contributed by atoms with van der Waals surface area (Å²) in [5, 5.41) is 10.1. The van der Waals surface area contributed by atoms with Crippen molar-refractivity contribution in [1.82, 2.24) is 0 Å². The highest BCUT2D eigenvalue weighted by molar-refractivity contribution is 6.23. The average molecular weight is 395 g/mol. The molecule has 1 aromatic rings. The Bertz CT molecular complexity index is 845. The number of fused-ring (bicyclic) bond motifs is 1. The number of esters is 1. The Labute approximate surface area is 157 Å². The molecule has 0 radical (unpaired) electrons. The van der Waals surface area contributed by atoms with Crippen LogP contribution in [0.2, 0.25) is 0 Å². The summed E-state index contributed by atoms with van der Waals surface area (Å²) >= 11 is 0. The van der Waals surface area contributed by atoms with Gasteiger partial charge in [-0.2, -0.15) is 13.2 Å². The fourth-order valence-electron chi connectivity index (χ4n) is 3.22. The van der Waals surface area contributed by atoms with E-state index in [2.05, 4.69) is 4.74 Å². The zero-order valence-corrected chi connectivity index (χ0v) is 14.6. The van der Waals surface area contributed by atoms with Crippen molar-refractivity contribution in [3.05, 3.63) is 54.1 Å². The van der Waals surface area contributed by atoms with E-state index in [0.29, 0.717) is 0 Å². The second-order valence-corrected chi connectivity index (χ2v) is 6.31. The molecule has 1 aromatic carbocycles. The second kappa shape index (κ2) is 6.90. The maximum atomic E-state index is 13.4. The van der Waals surface area contributed by atoms with E-state index in [1.165, 1.54) is 6.92 Å². The standard InChI is InChI=1S/C19H16F3NO5/c1-2-28-17(26)18(27,19(20,21)22)11-7-9-12(10-8-11)23-15(24)13-5-3-4-6-14(13)16(23)25/h3-10,13-14,27H,2H2,1H3/t13-,14-,18+/m0/s1. The zero-order valence-electron chi connectivity index (χ0n) is 14.6. The fourth-order valence-corrected chi connectivity index (χ4v) is 3.22. The number of nitrogens with zero attached hydrogens (tertiary/aromatic N) is 1. The number of carbonyl (C=O) groups is 3. The molecule has 148 valence electrons. The number of ether oxygens (including phenoxy) is 1. The molecule has 1 fully saturated rings. The van der Waals surface area contributed by atoms with Gasteiger partial charge in [0.2, 0.25) is 11.8 Å². The summed E-state index contributed by atoms with van der Waals surface area (Å²) in [5.74, 6) is -4.18. The number of carbonyl (C=O) groups excluding carboxylic acids is 3. The van der Waals surface area contributed by atoms with Crippen LogP contribution in [0, 0.1) is 11.8 Å². The first-order chi connectivity index (χ1) is 13.1. The third-order valence-electron chi connectivity index (χ3n) is 4.67. The molecule has 1 N–H and O–H groups in total. The Hall–Kier alpha value is -2.94. The quantitative estimate of drug-likeness (QED) is 0.625. The van der Waals surface area contributed by atoms with E-state index in [0.717, 1.165) is 29.2 Å². The van der Waals surface area contributed by atoms with Crippen LogP contribution < -0.4 is 4.90 Å². The van der Waals surface area contributed by atoms with Gasteiger partial charge in [-0.15, -0.1) is 0 Å². The van der Waals surface area contributed by atoms with Gasteiger partial charge in [0.25, 0.3) is 5.60 Å². The molecule has 9 heteroatoms. The van der Waals surface area contributed by atoms with Crippen LogP contribution in [0.3, 0.4) is 0 Å². The largest absolute Gasteiger partial charge is 0.463 e. The number of anilines is 1. The summed E-state index contributed by atoms with van der Waals surface area (Å²) in [6, 6.07) is 3.83. The van der Waals surface area contributed by atoms with Gasteiger partial charge in [-0.3, -0.25) is 9.59 Å². The van der Waals surface area contributed by atoms with Crippen LogP contribution >= 0.6 is 0 Å². The van der Waals surface area contributed by atoms with Gasteiger partial charge in [-0.25, -0.2) is 9.69 Å². The van der Waals surface area contributed by atoms with Gasteiger partial charge in [-0.05, 0) is 19.1 Å². The van der Waals surface area contributed by atoms with Crippen LogP contribution in [-0.2, 0) is 24.7 Å². The smallest absolute Gasteiger partial charge is 0.432 e. The Morgan fingerprint density at radius 3 is 2.00 bits per heavy atom. The minimum Gasteiger partial charge on any atom is -0.463 e. The fraction of sp³-hybridized carbons (Fsp3) is 0.316. The minimum absolute atomic E-state index is 0.0448. The van der Waals surface area contributed by atoms with Crippen molar-refractivity contribution in [2.24, 2.45) is 11.8 Å². The molecule has 2 aliphatic rings. The molecule has 3 atom stereocenters. The van der Waals surface area contributed by atoms with Crippen molar-refractivity contribution < 1.29 is 37.4 Å². The summed E-state index contributed by atoms with van der Waals surface area (Å²) in [6.07, 6.45) is 1.12. The lowest BCUT2D eigenvalue weighted by atomic mass is 9.91. The van der Waals surface area contributed by atoms with E-state index in [9.17, 15) is 32.7 Å². The number of imide groups is 1. The van der Waals surface area contributed by atoms with Crippen molar-refractivity contribution in [3.8, 4) is 0 Å². The van der Waals surface area contributed by atoms with Gasteiger partial charge in [0.05, 0.1) is 24.1 Å². The lowest BCUT2D eigenvalue weighted by molar-refractivity contribution is -0.267. The van der Waals surface area contributed by atoms with Crippen LogP contribution in [0.5, 0.6) is 0 Å². The predicted octanol–water partition coefficient (Wildman–Crippen LogP) is 2.23. The molecule has 0 saturated carbocycles. The Kier molecular flexibility index (Phi) is 4.88. The first-order valence-electron chi connectivity index (χ1n) is 8.42. The summed E-state index contributed by atoms with van der Waals surface area (Å²) < 4.78 is 44.6. The maximum absolute atomic E-state index is 13.4. The number of hydrogen-bond acceptors (Lipinski definition) is 5. The lowest BCUT2D eigenvalue weighted by Crippen LogP contribution is -2.50. The topological polar surface area (TPSA) is 83.9 Å². The van der Waals surface area contributed by atoms with E-state index in [1.54, 1.807) is 24.3 Å². The molecule has 3 rings (SSSR count). The number of amides is 2. The van der Waals surface area contributed by atoms with Gasteiger partial charge >= 0.3 is 12.1 Å². The van der Waals surface area contributed by atoms with Crippen LogP contribution in [-0.4, -0.2) is 35.7 Å². The molecule has 1 heterocycles. The zero-order chi connectivity index (χ0) is 20.7. The summed E-state index contributed by atoms with van der Waals surface area (Å²) in [7, 11) is 0. The van der Waals surface area contributed by atoms with Gasteiger partial charge in [0.15, 0.2) is 0 Å². The van der Waals surface area contributed by atoms with E-state index >= 15 is 0 Å². The molecule has 1 aliphatic carbocycles. The first kappa shape index (κ1) is 19.8. The number of benzene rings is 1. The molecule has 0 spiro atoms. The van der Waals surface area contributed by atoms with E-state index < -0.39 is 47.0 Å². The number of allylic oxidation sites excluding steroid dienone is 2. The summed E-state index contributed by atoms with van der Waals surface area (Å²) in [5.41, 5.74) is -4.60. The lowest BCUT2D eigenvalue weighted by Gasteiger charge is -2.28. The highest BCUT2D eigenvalue weighted by atomic mass is 19.4. The summed E-state index contributed by atoms with van der Waals surface area (Å²) in [6.45, 7) is 0.959. The van der Waals surface area contributed by atoms with Gasteiger partial charge in [0.1, 0.15) is 0 Å². The van der Waals surface area contributed by atoms with Crippen LogP contribution in [0.15, 0.2) is 48.6 Å². The first-order valence-corrected chi connectivity index (χ1v) is 8.42. The van der Waals surface area contributed by atoms with Crippen LogP contribution in [0.1, 0.15) is 12.5 Å². The highest BCUT2D eigenvalue weighted by Gasteiger charge is 2.62. The SMILES string of the molecule is CCOC(=O)[C@](O)(c1ccc(N2C(=O)[C@H]3C=CC=C[C@@H]3C2=O)cc1)C(F)(F)F. The molecule has 0 bridgehead atoms. The van der Waals surface area contributed by atoms with Gasteiger partial charge < -0.3 is 9.84 Å². The van der Waals surface area contributed by atoms with Crippen molar-refractivity contribution in [2.75, 3.05) is 11.5 Å². The molecule has 28 heavy (non-hydrogen) atoms. The third-order valence-corrected chi connectivity index (χ3v) is 4.67. The third kappa shape index (κ3) is 2.91. The van der Waals surface area contributed by atoms with Crippen molar-refractivity contribution in [3.63, 3.8) is 0 Å². The van der Waals surface area contributed by atoms with Gasteiger partial charge in [-0.1, -0.05) is 36.4 Å². The maximum Gasteiger partial charge on any atom is 0.432 e. The molecule has 1 aliphatic heterocycles. The van der Waals surface area contributed by atoms with Crippen LogP contribution in [0.4, 0.5) is 18.9 Å². The molecule has 6 nitrogen and oxygen atoms in total. The Balaban J connectivity index is 1.96. The van der Waals surface area contributed by atoms with E-state index in [-0.39, 0.29) is 12.3 Å². The van der Waals surface area contributed by atoms with E-state index in [1.807, 2.05) is 0 Å². The number of hydrogen-bond donors (Lipinski definition) is 1. The Morgan fingerprint density at radius 1 is 1.07 bits per heavy atom. The van der Waals surface area contributed by atoms with Gasteiger partial charge in [0, 0.05) is 5.56 Å². The van der Waals surface area contributed by atoms with Crippen molar-refractivity contribution in [2.45, 2.75) is 18.7 Å². The molecule has 0 unspecified atom stereocenters. The van der Waals surface area contributed by atoms with Crippen molar-refractivity contribution >= 4 is 23.5 Å². The minimum atomic E-state index is -5.33. The second-order valence-electron chi connectivity index (χ2n) is 6.31. The van der Waals surface area contributed by atoms with E-state index in [4.69, 9.17) is 0 Å². The highest BCUT2D eigenvalue weighted by Crippen LogP contribution is 2.41. The monoisotopic (exact) mass is 395 g/mol. The molecular formula is C19H16F3NO5. The normalized spacial score (nSPS) is 23.5.